The number of rotatable bonds is 6. The minimum Gasteiger partial charge on any atom is -0.380 e. The lowest BCUT2D eigenvalue weighted by molar-refractivity contribution is 0.0850. The van der Waals surface area contributed by atoms with E-state index in [-0.39, 0.29) is 0 Å². The third-order valence-electron chi connectivity index (χ3n) is 2.66. The van der Waals surface area contributed by atoms with E-state index in [2.05, 4.69) is 11.8 Å². The van der Waals surface area contributed by atoms with Crippen molar-refractivity contribution >= 4 is 0 Å². The third-order valence-corrected chi connectivity index (χ3v) is 2.66. The van der Waals surface area contributed by atoms with Crippen molar-refractivity contribution in [1.82, 2.24) is 4.90 Å². The van der Waals surface area contributed by atoms with Gasteiger partial charge in [0.15, 0.2) is 0 Å². The Balaban J connectivity index is 2.18. The van der Waals surface area contributed by atoms with Crippen molar-refractivity contribution in [3.8, 4) is 0 Å². The molecule has 0 bridgehead atoms. The van der Waals surface area contributed by atoms with Gasteiger partial charge in [0.05, 0.1) is 6.61 Å². The number of nitrogens with zero attached hydrogens (tertiary/aromatic N) is 1. The van der Waals surface area contributed by atoms with Crippen LogP contribution in [0.25, 0.3) is 0 Å². The van der Waals surface area contributed by atoms with Crippen molar-refractivity contribution < 1.29 is 4.74 Å². The molecule has 0 amide bonds. The normalized spacial score (nSPS) is 24.0. The molecule has 78 valence electrons. The Bertz CT molecular complexity index is 116. The molecule has 1 aliphatic heterocycles. The molecule has 3 nitrogen and oxygen atoms in total. The van der Waals surface area contributed by atoms with Gasteiger partial charge in [-0.3, -0.25) is 4.90 Å². The Hall–Kier alpha value is -0.120. The molecule has 13 heavy (non-hydrogen) atoms. The molecule has 1 saturated heterocycles. The molecule has 1 rings (SSSR count). The average molecular weight is 186 g/mol. The van der Waals surface area contributed by atoms with E-state index >= 15 is 0 Å². The molecular weight excluding hydrogens is 164 g/mol. The topological polar surface area (TPSA) is 38.5 Å². The molecule has 0 aromatic heterocycles. The molecule has 2 N–H and O–H groups in total. The lowest BCUT2D eigenvalue weighted by Gasteiger charge is -2.23. The Morgan fingerprint density at radius 3 is 3.08 bits per heavy atom. The number of ether oxygens (including phenoxy) is 1. The lowest BCUT2D eigenvalue weighted by atomic mass is 10.2. The summed E-state index contributed by atoms with van der Waals surface area (Å²) in [4.78, 5) is 2.52. The minimum atomic E-state index is 0.659. The SMILES string of the molecule is CCOC[C@@H]1CCCN1CCCN. The first kappa shape index (κ1) is 11.0. The number of hydrogen-bond acceptors (Lipinski definition) is 3. The maximum absolute atomic E-state index is 5.49. The Morgan fingerprint density at radius 1 is 1.54 bits per heavy atom. The quantitative estimate of drug-likeness (QED) is 0.668. The zero-order chi connectivity index (χ0) is 9.52. The predicted octanol–water partition coefficient (Wildman–Crippen LogP) is 0.836. The highest BCUT2D eigenvalue weighted by Gasteiger charge is 2.23. The monoisotopic (exact) mass is 186 g/mol. The summed E-state index contributed by atoms with van der Waals surface area (Å²) in [5.74, 6) is 0. The van der Waals surface area contributed by atoms with E-state index in [1.54, 1.807) is 0 Å². The van der Waals surface area contributed by atoms with Gasteiger partial charge in [-0.1, -0.05) is 0 Å². The smallest absolute Gasteiger partial charge is 0.0621 e. The van der Waals surface area contributed by atoms with Crippen LogP contribution in [0.5, 0.6) is 0 Å². The summed E-state index contributed by atoms with van der Waals surface area (Å²) in [7, 11) is 0. The first-order chi connectivity index (χ1) is 6.38. The summed E-state index contributed by atoms with van der Waals surface area (Å²) in [6.07, 6.45) is 3.73. The van der Waals surface area contributed by atoms with E-state index in [0.717, 1.165) is 32.7 Å². The van der Waals surface area contributed by atoms with Crippen molar-refractivity contribution in [2.75, 3.05) is 32.8 Å². The zero-order valence-corrected chi connectivity index (χ0v) is 8.67. The Morgan fingerprint density at radius 2 is 2.38 bits per heavy atom. The van der Waals surface area contributed by atoms with Gasteiger partial charge < -0.3 is 10.5 Å². The first-order valence-corrected chi connectivity index (χ1v) is 5.40. The van der Waals surface area contributed by atoms with Gasteiger partial charge in [-0.05, 0) is 45.8 Å². The molecule has 0 spiro atoms. The number of hydrogen-bond donors (Lipinski definition) is 1. The largest absolute Gasteiger partial charge is 0.380 e. The van der Waals surface area contributed by atoms with E-state index in [1.165, 1.54) is 19.4 Å². The van der Waals surface area contributed by atoms with Crippen molar-refractivity contribution in [3.63, 3.8) is 0 Å². The molecule has 0 saturated carbocycles. The second kappa shape index (κ2) is 6.35. The zero-order valence-electron chi connectivity index (χ0n) is 8.67. The van der Waals surface area contributed by atoms with Gasteiger partial charge in [0.25, 0.3) is 0 Å². The highest BCUT2D eigenvalue weighted by molar-refractivity contribution is 4.78. The number of nitrogens with two attached hydrogens (primary N) is 1. The van der Waals surface area contributed by atoms with E-state index in [1.807, 2.05) is 0 Å². The fourth-order valence-corrected chi connectivity index (χ4v) is 1.93. The highest BCUT2D eigenvalue weighted by atomic mass is 16.5. The van der Waals surface area contributed by atoms with Crippen LogP contribution < -0.4 is 5.73 Å². The molecular formula is C10H22N2O. The molecule has 0 unspecified atom stereocenters. The summed E-state index contributed by atoms with van der Waals surface area (Å²) in [5, 5.41) is 0. The van der Waals surface area contributed by atoms with E-state index in [4.69, 9.17) is 10.5 Å². The fourth-order valence-electron chi connectivity index (χ4n) is 1.93. The van der Waals surface area contributed by atoms with Crippen molar-refractivity contribution in [3.05, 3.63) is 0 Å². The van der Waals surface area contributed by atoms with Crippen LogP contribution in [-0.4, -0.2) is 43.8 Å². The molecule has 1 heterocycles. The Kier molecular flexibility index (Phi) is 5.35. The van der Waals surface area contributed by atoms with Crippen LogP contribution in [0.3, 0.4) is 0 Å². The van der Waals surface area contributed by atoms with Gasteiger partial charge in [0.2, 0.25) is 0 Å². The highest BCUT2D eigenvalue weighted by Crippen LogP contribution is 2.17. The van der Waals surface area contributed by atoms with Crippen molar-refractivity contribution in [2.45, 2.75) is 32.2 Å². The first-order valence-electron chi connectivity index (χ1n) is 5.40. The third kappa shape index (κ3) is 3.63. The molecule has 1 aliphatic rings. The molecule has 0 aliphatic carbocycles. The second-order valence-corrected chi connectivity index (χ2v) is 3.63. The van der Waals surface area contributed by atoms with Gasteiger partial charge in [-0.25, -0.2) is 0 Å². The van der Waals surface area contributed by atoms with Gasteiger partial charge >= 0.3 is 0 Å². The van der Waals surface area contributed by atoms with Crippen LogP contribution in [0.1, 0.15) is 26.2 Å². The minimum absolute atomic E-state index is 0.659. The fraction of sp³-hybridized carbons (Fsp3) is 1.00. The number of likely N-dealkylation sites (tertiary alicyclic amines) is 1. The summed E-state index contributed by atoms with van der Waals surface area (Å²) in [5.41, 5.74) is 5.49. The summed E-state index contributed by atoms with van der Waals surface area (Å²) >= 11 is 0. The molecule has 0 aromatic rings. The predicted molar refractivity (Wildman–Crippen MR) is 54.8 cm³/mol. The van der Waals surface area contributed by atoms with Crippen LogP contribution in [0, 0.1) is 0 Å². The average Bonchev–Trinajstić information content (AvgIpc) is 2.59. The van der Waals surface area contributed by atoms with Crippen LogP contribution in [-0.2, 0) is 4.74 Å². The molecule has 1 fully saturated rings. The van der Waals surface area contributed by atoms with Crippen LogP contribution >= 0.6 is 0 Å². The van der Waals surface area contributed by atoms with Gasteiger partial charge in [-0.2, -0.15) is 0 Å². The molecule has 1 atom stereocenters. The van der Waals surface area contributed by atoms with Crippen molar-refractivity contribution in [2.24, 2.45) is 5.73 Å². The molecule has 0 aromatic carbocycles. The summed E-state index contributed by atoms with van der Waals surface area (Å²) in [6.45, 7) is 6.98. The van der Waals surface area contributed by atoms with Gasteiger partial charge in [0.1, 0.15) is 0 Å². The summed E-state index contributed by atoms with van der Waals surface area (Å²) < 4.78 is 5.45. The maximum atomic E-state index is 5.49. The Labute approximate surface area is 81.2 Å². The van der Waals surface area contributed by atoms with Crippen LogP contribution in [0.2, 0.25) is 0 Å². The van der Waals surface area contributed by atoms with Crippen molar-refractivity contribution in [1.29, 1.82) is 0 Å². The van der Waals surface area contributed by atoms with E-state index < -0.39 is 0 Å². The lowest BCUT2D eigenvalue weighted by Crippen LogP contribution is -2.34. The van der Waals surface area contributed by atoms with E-state index in [0.29, 0.717) is 6.04 Å². The van der Waals surface area contributed by atoms with Crippen LogP contribution in [0.4, 0.5) is 0 Å². The van der Waals surface area contributed by atoms with Crippen LogP contribution in [0.15, 0.2) is 0 Å². The van der Waals surface area contributed by atoms with Gasteiger partial charge in [-0.15, -0.1) is 0 Å². The molecule has 3 heteroatoms. The summed E-state index contributed by atoms with van der Waals surface area (Å²) in [6, 6.07) is 0.659. The van der Waals surface area contributed by atoms with E-state index in [9.17, 15) is 0 Å². The molecule has 0 radical (unpaired) electrons. The second-order valence-electron chi connectivity index (χ2n) is 3.63. The van der Waals surface area contributed by atoms with Gasteiger partial charge in [0, 0.05) is 12.6 Å². The maximum Gasteiger partial charge on any atom is 0.0621 e. The standard InChI is InChI=1S/C10H22N2O/c1-2-13-9-10-5-3-7-12(10)8-4-6-11/h10H,2-9,11H2,1H3/t10-/m0/s1.